The van der Waals surface area contributed by atoms with E-state index in [1.165, 1.54) is 11.8 Å². The molecule has 0 bridgehead atoms. The number of hydrogen-bond donors (Lipinski definition) is 0. The van der Waals surface area contributed by atoms with Crippen LogP contribution in [0.4, 0.5) is 5.69 Å². The Morgan fingerprint density at radius 1 is 1.13 bits per heavy atom. The van der Waals surface area contributed by atoms with Gasteiger partial charge in [-0.15, -0.1) is 0 Å². The minimum atomic E-state index is -3.09. The number of fused-ring (bicyclic) bond motifs is 1. The number of hydrogen-bond acceptors (Lipinski definition) is 5. The number of amidine groups is 1. The number of anilines is 1. The van der Waals surface area contributed by atoms with Crippen LogP contribution < -0.4 is 9.64 Å². The van der Waals surface area contributed by atoms with Crippen molar-refractivity contribution in [2.75, 3.05) is 23.5 Å². The van der Waals surface area contributed by atoms with Crippen molar-refractivity contribution in [1.29, 1.82) is 0 Å². The second kappa shape index (κ2) is 8.07. The number of nitrogens with zero attached hydrogens (tertiary/aromatic N) is 2. The highest BCUT2D eigenvalue weighted by atomic mass is 32.2. The fourth-order valence-electron chi connectivity index (χ4n) is 4.08. The summed E-state index contributed by atoms with van der Waals surface area (Å²) in [5.41, 5.74) is 3.88. The zero-order valence-electron chi connectivity index (χ0n) is 17.2. The fourth-order valence-corrected chi connectivity index (χ4v) is 7.99. The first-order chi connectivity index (χ1) is 14.3. The van der Waals surface area contributed by atoms with Crippen molar-refractivity contribution in [3.8, 4) is 5.75 Å². The molecule has 0 saturated carbocycles. The molecule has 4 rings (SSSR count). The smallest absolute Gasteiger partial charge is 0.252 e. The average Bonchev–Trinajstić information content (AvgIpc) is 3.14. The monoisotopic (exact) mass is 444 g/mol. The second-order valence-electron chi connectivity index (χ2n) is 7.72. The molecule has 2 fully saturated rings. The van der Waals surface area contributed by atoms with Gasteiger partial charge in [-0.3, -0.25) is 4.79 Å². The fraction of sp³-hybridized carbons (Fsp3) is 0.364. The lowest BCUT2D eigenvalue weighted by atomic mass is 10.1. The third-order valence-corrected chi connectivity index (χ3v) is 8.69. The van der Waals surface area contributed by atoms with E-state index in [-0.39, 0.29) is 35.1 Å². The molecule has 8 heteroatoms. The Morgan fingerprint density at radius 3 is 2.43 bits per heavy atom. The highest BCUT2D eigenvalue weighted by Crippen LogP contribution is 2.43. The number of carbonyl (C=O) groups excluding carboxylic acids is 1. The number of para-hydroxylation sites is 1. The van der Waals surface area contributed by atoms with Gasteiger partial charge >= 0.3 is 0 Å². The highest BCUT2D eigenvalue weighted by molar-refractivity contribution is 8.16. The van der Waals surface area contributed by atoms with Crippen molar-refractivity contribution in [2.24, 2.45) is 4.99 Å². The van der Waals surface area contributed by atoms with Crippen molar-refractivity contribution in [2.45, 2.75) is 31.6 Å². The van der Waals surface area contributed by atoms with Crippen molar-refractivity contribution in [1.82, 2.24) is 0 Å². The van der Waals surface area contributed by atoms with Gasteiger partial charge in [0.05, 0.1) is 31.1 Å². The Morgan fingerprint density at radius 2 is 1.80 bits per heavy atom. The van der Waals surface area contributed by atoms with Gasteiger partial charge in [0, 0.05) is 10.9 Å². The van der Waals surface area contributed by atoms with E-state index >= 15 is 0 Å². The normalized spacial score (nSPS) is 23.6. The van der Waals surface area contributed by atoms with Crippen LogP contribution in [0.3, 0.4) is 0 Å². The number of ether oxygens (including phenoxy) is 1. The molecule has 158 valence electrons. The van der Waals surface area contributed by atoms with Gasteiger partial charge in [-0.1, -0.05) is 42.1 Å². The molecule has 6 nitrogen and oxygen atoms in total. The zero-order valence-corrected chi connectivity index (χ0v) is 18.8. The first-order valence-corrected chi connectivity index (χ1v) is 12.4. The summed E-state index contributed by atoms with van der Waals surface area (Å²) in [5.74, 6) is 0.695. The molecule has 2 aliphatic heterocycles. The van der Waals surface area contributed by atoms with Crippen molar-refractivity contribution in [3.05, 3.63) is 59.2 Å². The molecule has 2 atom stereocenters. The van der Waals surface area contributed by atoms with Crippen LogP contribution in [0.15, 0.2) is 47.5 Å². The molecule has 2 heterocycles. The molecule has 0 spiro atoms. The van der Waals surface area contributed by atoms with Crippen LogP contribution >= 0.6 is 11.8 Å². The maximum Gasteiger partial charge on any atom is 0.252 e. The molecule has 1 amide bonds. The van der Waals surface area contributed by atoms with Crippen LogP contribution in [0.25, 0.3) is 0 Å². The number of amides is 1. The van der Waals surface area contributed by atoms with Gasteiger partial charge in [0.25, 0.3) is 5.91 Å². The van der Waals surface area contributed by atoms with Crippen LogP contribution in [0.5, 0.6) is 5.75 Å². The molecular weight excluding hydrogens is 420 g/mol. The van der Waals surface area contributed by atoms with Crippen LogP contribution in [-0.4, -0.2) is 49.4 Å². The summed E-state index contributed by atoms with van der Waals surface area (Å²) in [6.45, 7) is 4.00. The first kappa shape index (κ1) is 20.9. The molecule has 0 aromatic heterocycles. The summed E-state index contributed by atoms with van der Waals surface area (Å²) in [6, 6.07) is 13.1. The molecule has 2 aromatic carbocycles. The second-order valence-corrected chi connectivity index (χ2v) is 11.1. The number of carbonyl (C=O) groups is 1. The van der Waals surface area contributed by atoms with Gasteiger partial charge in [0.2, 0.25) is 0 Å². The zero-order chi connectivity index (χ0) is 21.5. The van der Waals surface area contributed by atoms with Gasteiger partial charge in [0.15, 0.2) is 15.0 Å². The summed E-state index contributed by atoms with van der Waals surface area (Å²) >= 11 is 1.40. The number of aliphatic imine (C=N–C) groups is 1. The SMILES string of the molecule is COc1ccc(CC(=O)N=C2S[C@@H]3CS(=O)(=O)C[C@@H]3N2c2c(C)cccc2C)cc1. The molecular formula is C22H24N2O4S2. The standard InChI is InChI=1S/C22H24N2O4S2/c1-14-5-4-6-15(2)21(14)24-18-12-30(26,27)13-19(18)29-22(24)23-20(25)11-16-7-9-17(28-3)10-8-16/h4-10,18-19H,11-13H2,1-3H3/t18-,19+/m0/s1. The predicted molar refractivity (Wildman–Crippen MR) is 121 cm³/mol. The Balaban J connectivity index is 1.66. The minimum Gasteiger partial charge on any atom is -0.497 e. The largest absolute Gasteiger partial charge is 0.497 e. The van der Waals surface area contributed by atoms with Crippen molar-refractivity contribution in [3.63, 3.8) is 0 Å². The van der Waals surface area contributed by atoms with Crippen molar-refractivity contribution < 1.29 is 17.9 Å². The summed E-state index contributed by atoms with van der Waals surface area (Å²) in [5, 5.41) is 0.484. The number of aryl methyl sites for hydroxylation is 2. The lowest BCUT2D eigenvalue weighted by Crippen LogP contribution is -2.38. The molecule has 0 unspecified atom stereocenters. The molecule has 2 aliphatic rings. The molecule has 30 heavy (non-hydrogen) atoms. The Labute approximate surface area is 181 Å². The lowest BCUT2D eigenvalue weighted by Gasteiger charge is -2.28. The van der Waals surface area contributed by atoms with Gasteiger partial charge in [-0.05, 0) is 42.7 Å². The van der Waals surface area contributed by atoms with E-state index in [2.05, 4.69) is 4.99 Å². The molecule has 0 N–H and O–H groups in total. The molecule has 0 aliphatic carbocycles. The third-order valence-electron chi connectivity index (χ3n) is 5.48. The van der Waals surface area contributed by atoms with E-state index in [1.807, 2.05) is 61.2 Å². The van der Waals surface area contributed by atoms with Crippen LogP contribution in [0.2, 0.25) is 0 Å². The quantitative estimate of drug-likeness (QED) is 0.721. The number of sulfone groups is 1. The average molecular weight is 445 g/mol. The van der Waals surface area contributed by atoms with E-state index in [0.29, 0.717) is 5.17 Å². The van der Waals surface area contributed by atoms with Crippen molar-refractivity contribution >= 4 is 38.4 Å². The maximum atomic E-state index is 12.7. The van der Waals surface area contributed by atoms with Crippen LogP contribution in [0, 0.1) is 13.8 Å². The highest BCUT2D eigenvalue weighted by Gasteiger charge is 2.49. The van der Waals surface area contributed by atoms with E-state index < -0.39 is 9.84 Å². The molecule has 0 radical (unpaired) electrons. The number of benzene rings is 2. The van der Waals surface area contributed by atoms with Gasteiger partial charge in [-0.25, -0.2) is 8.42 Å². The predicted octanol–water partition coefficient (Wildman–Crippen LogP) is 3.16. The maximum absolute atomic E-state index is 12.7. The van der Waals surface area contributed by atoms with E-state index in [0.717, 1.165) is 28.1 Å². The third kappa shape index (κ3) is 4.11. The van der Waals surface area contributed by atoms with E-state index in [4.69, 9.17) is 4.74 Å². The Bertz CT molecular complexity index is 1090. The van der Waals surface area contributed by atoms with E-state index in [9.17, 15) is 13.2 Å². The lowest BCUT2D eigenvalue weighted by molar-refractivity contribution is -0.117. The summed E-state index contributed by atoms with van der Waals surface area (Å²) < 4.78 is 29.7. The van der Waals surface area contributed by atoms with Gasteiger partial charge < -0.3 is 9.64 Å². The summed E-state index contributed by atoms with van der Waals surface area (Å²) in [6.07, 6.45) is 0.183. The number of rotatable bonds is 4. The topological polar surface area (TPSA) is 76.0 Å². The molecule has 2 aromatic rings. The van der Waals surface area contributed by atoms with Gasteiger partial charge in [-0.2, -0.15) is 4.99 Å². The Kier molecular flexibility index (Phi) is 5.63. The van der Waals surface area contributed by atoms with Crippen LogP contribution in [-0.2, 0) is 21.1 Å². The minimum absolute atomic E-state index is 0.0874. The van der Waals surface area contributed by atoms with E-state index in [1.54, 1.807) is 7.11 Å². The number of thioether (sulfide) groups is 1. The van der Waals surface area contributed by atoms with Gasteiger partial charge in [0.1, 0.15) is 5.75 Å². The summed E-state index contributed by atoms with van der Waals surface area (Å²) in [4.78, 5) is 19.1. The Hall–Kier alpha value is -2.32. The van der Waals surface area contributed by atoms with Crippen LogP contribution in [0.1, 0.15) is 16.7 Å². The summed E-state index contributed by atoms with van der Waals surface area (Å²) in [7, 11) is -1.49. The number of methoxy groups -OCH3 is 1. The molecule has 2 saturated heterocycles. The first-order valence-electron chi connectivity index (χ1n) is 9.74.